The van der Waals surface area contributed by atoms with Gasteiger partial charge in [0.15, 0.2) is 11.6 Å². The first-order valence-electron chi connectivity index (χ1n) is 12.2. The summed E-state index contributed by atoms with van der Waals surface area (Å²) in [6.07, 6.45) is 2.71. The van der Waals surface area contributed by atoms with Crippen molar-refractivity contribution in [2.24, 2.45) is 0 Å². The van der Waals surface area contributed by atoms with E-state index < -0.39 is 23.8 Å². The van der Waals surface area contributed by atoms with E-state index in [-0.39, 0.29) is 11.6 Å². The quantitative estimate of drug-likeness (QED) is 0.262. The van der Waals surface area contributed by atoms with Gasteiger partial charge in [-0.05, 0) is 60.0 Å². The van der Waals surface area contributed by atoms with E-state index in [1.807, 2.05) is 54.7 Å². The summed E-state index contributed by atoms with van der Waals surface area (Å²) in [5.74, 6) is -1.08. The summed E-state index contributed by atoms with van der Waals surface area (Å²) >= 11 is 0. The average Bonchev–Trinajstić information content (AvgIpc) is 2.93. The summed E-state index contributed by atoms with van der Waals surface area (Å²) in [7, 11) is 0. The number of halogens is 2. The Morgan fingerprint density at radius 3 is 2.35 bits per heavy atom. The molecular formula is C30H26F2N2O3. The summed E-state index contributed by atoms with van der Waals surface area (Å²) < 4.78 is 39.4. The van der Waals surface area contributed by atoms with Crippen LogP contribution in [0, 0.1) is 11.6 Å². The normalized spacial score (nSPS) is 16.8. The first-order chi connectivity index (χ1) is 18.0. The Morgan fingerprint density at radius 1 is 0.892 bits per heavy atom. The van der Waals surface area contributed by atoms with Gasteiger partial charge < -0.3 is 9.47 Å². The number of aryl methyl sites for hydroxylation is 1. The molecule has 0 aliphatic carbocycles. The maximum Gasteiger partial charge on any atom is 0.271 e. The highest BCUT2D eigenvalue weighted by molar-refractivity contribution is 6.05. The van der Waals surface area contributed by atoms with Crippen molar-refractivity contribution >= 4 is 11.6 Å². The van der Waals surface area contributed by atoms with Crippen molar-refractivity contribution in [1.29, 1.82) is 0 Å². The van der Waals surface area contributed by atoms with Crippen LogP contribution in [0.5, 0.6) is 11.5 Å². The number of amides is 1. The van der Waals surface area contributed by atoms with Crippen LogP contribution in [0.25, 0.3) is 0 Å². The van der Waals surface area contributed by atoms with Crippen LogP contribution in [0.1, 0.15) is 29.8 Å². The number of anilines is 1. The Bertz CT molecular complexity index is 1360. The Hall–Kier alpha value is -4.26. The Morgan fingerprint density at radius 2 is 1.68 bits per heavy atom. The number of aromatic nitrogens is 1. The van der Waals surface area contributed by atoms with Crippen LogP contribution < -0.4 is 14.4 Å². The summed E-state index contributed by atoms with van der Waals surface area (Å²) in [4.78, 5) is 19.0. The molecule has 188 valence electrons. The van der Waals surface area contributed by atoms with Crippen molar-refractivity contribution in [3.8, 4) is 11.5 Å². The second-order valence-corrected chi connectivity index (χ2v) is 8.78. The summed E-state index contributed by atoms with van der Waals surface area (Å²) in [5.41, 5.74) is 3.21. The van der Waals surface area contributed by atoms with Gasteiger partial charge in [0.25, 0.3) is 5.91 Å². The molecule has 1 aromatic heterocycles. The third-order valence-corrected chi connectivity index (χ3v) is 6.38. The van der Waals surface area contributed by atoms with Crippen molar-refractivity contribution in [3.05, 3.63) is 120 Å². The lowest BCUT2D eigenvalue weighted by Gasteiger charge is -2.46. The lowest BCUT2D eigenvalue weighted by molar-refractivity contribution is -0.135. The number of carbonyl (C=O) groups excluding carboxylic acids is 1. The topological polar surface area (TPSA) is 51.7 Å². The van der Waals surface area contributed by atoms with E-state index in [9.17, 15) is 13.6 Å². The van der Waals surface area contributed by atoms with Gasteiger partial charge in [0.1, 0.15) is 17.5 Å². The molecule has 0 spiro atoms. The largest absolute Gasteiger partial charge is 0.493 e. The molecule has 1 amide bonds. The summed E-state index contributed by atoms with van der Waals surface area (Å²) in [6, 6.07) is 23.4. The van der Waals surface area contributed by atoms with Crippen LogP contribution in [0.15, 0.2) is 91.1 Å². The van der Waals surface area contributed by atoms with Crippen molar-refractivity contribution in [2.75, 3.05) is 11.5 Å². The second-order valence-electron chi connectivity index (χ2n) is 8.78. The molecule has 1 fully saturated rings. The number of carbonyl (C=O) groups is 1. The fourth-order valence-electron chi connectivity index (χ4n) is 4.32. The number of hydrogen-bond acceptors (Lipinski definition) is 4. The zero-order chi connectivity index (χ0) is 25.8. The number of pyridine rings is 1. The van der Waals surface area contributed by atoms with Crippen LogP contribution >= 0.6 is 0 Å². The predicted octanol–water partition coefficient (Wildman–Crippen LogP) is 6.08. The maximum absolute atomic E-state index is 14.0. The number of nitrogens with zero attached hydrogens (tertiary/aromatic N) is 2. The zero-order valence-electron chi connectivity index (χ0n) is 20.3. The van der Waals surface area contributed by atoms with Gasteiger partial charge in [0.05, 0.1) is 6.61 Å². The van der Waals surface area contributed by atoms with Crippen molar-refractivity contribution < 1.29 is 23.0 Å². The minimum atomic E-state index is -1.01. The minimum Gasteiger partial charge on any atom is -0.493 e. The fraction of sp³-hybridized carbons (Fsp3) is 0.200. The first kappa shape index (κ1) is 24.4. The number of benzene rings is 3. The van der Waals surface area contributed by atoms with Crippen molar-refractivity contribution in [3.63, 3.8) is 0 Å². The number of ether oxygens (including phenoxy) is 2. The van der Waals surface area contributed by atoms with Gasteiger partial charge in [-0.25, -0.2) is 8.78 Å². The fourth-order valence-corrected chi connectivity index (χ4v) is 4.32. The van der Waals surface area contributed by atoms with Gasteiger partial charge in [0, 0.05) is 30.1 Å². The standard InChI is InChI=1S/C30H26F2N2O3/c1-2-20-8-11-22(33-19-20)16-17-36-24-13-9-21(10-14-24)28-29(37-25-6-4-3-5-7-25)30(35)34(28)23-12-15-26(31)27(32)18-23/h3-15,18-19,28-29H,2,16-17H2,1H3. The molecule has 2 heterocycles. The molecular weight excluding hydrogens is 474 g/mol. The highest BCUT2D eigenvalue weighted by atomic mass is 19.2. The molecule has 0 radical (unpaired) electrons. The lowest BCUT2D eigenvalue weighted by atomic mass is 9.89. The highest BCUT2D eigenvalue weighted by Gasteiger charge is 2.51. The van der Waals surface area contributed by atoms with E-state index in [1.54, 1.807) is 12.1 Å². The second kappa shape index (κ2) is 10.8. The molecule has 37 heavy (non-hydrogen) atoms. The van der Waals surface area contributed by atoms with Crippen LogP contribution in [0.2, 0.25) is 0 Å². The molecule has 2 atom stereocenters. The molecule has 1 saturated heterocycles. The van der Waals surface area contributed by atoms with Crippen molar-refractivity contribution in [1.82, 2.24) is 4.98 Å². The molecule has 0 N–H and O–H groups in total. The molecule has 0 saturated carbocycles. The molecule has 7 heteroatoms. The van der Waals surface area contributed by atoms with Crippen LogP contribution in [-0.2, 0) is 17.6 Å². The summed E-state index contributed by atoms with van der Waals surface area (Å²) in [6.45, 7) is 2.57. The number of β-lactam (4-membered cyclic amide) rings is 1. The minimum absolute atomic E-state index is 0.267. The number of para-hydroxylation sites is 1. The zero-order valence-corrected chi connectivity index (χ0v) is 20.3. The molecule has 5 nitrogen and oxygen atoms in total. The van der Waals surface area contributed by atoms with Crippen molar-refractivity contribution in [2.45, 2.75) is 31.9 Å². The van der Waals surface area contributed by atoms with E-state index in [2.05, 4.69) is 18.0 Å². The number of rotatable bonds is 9. The highest BCUT2D eigenvalue weighted by Crippen LogP contribution is 2.42. The van der Waals surface area contributed by atoms with E-state index in [0.29, 0.717) is 24.5 Å². The smallest absolute Gasteiger partial charge is 0.271 e. The third-order valence-electron chi connectivity index (χ3n) is 6.38. The molecule has 5 rings (SSSR count). The molecule has 3 aromatic carbocycles. The molecule has 1 aliphatic heterocycles. The van der Waals surface area contributed by atoms with Gasteiger partial charge in [-0.15, -0.1) is 0 Å². The van der Waals surface area contributed by atoms with Gasteiger partial charge in [0.2, 0.25) is 6.10 Å². The third kappa shape index (κ3) is 5.31. The molecule has 0 bridgehead atoms. The van der Waals surface area contributed by atoms with E-state index in [4.69, 9.17) is 9.47 Å². The van der Waals surface area contributed by atoms with E-state index >= 15 is 0 Å². The van der Waals surface area contributed by atoms with E-state index in [0.717, 1.165) is 29.8 Å². The Balaban J connectivity index is 1.32. The molecule has 1 aliphatic rings. The predicted molar refractivity (Wildman–Crippen MR) is 137 cm³/mol. The maximum atomic E-state index is 14.0. The van der Waals surface area contributed by atoms with Gasteiger partial charge in [-0.1, -0.05) is 43.3 Å². The Kier molecular flexibility index (Phi) is 7.12. The molecule has 4 aromatic rings. The van der Waals surface area contributed by atoms with Crippen LogP contribution in [0.3, 0.4) is 0 Å². The number of hydrogen-bond donors (Lipinski definition) is 0. The summed E-state index contributed by atoms with van der Waals surface area (Å²) in [5, 5.41) is 0. The van der Waals surface area contributed by atoms with Crippen LogP contribution in [0.4, 0.5) is 14.5 Å². The average molecular weight is 501 g/mol. The van der Waals surface area contributed by atoms with Gasteiger partial charge in [-0.2, -0.15) is 0 Å². The first-order valence-corrected chi connectivity index (χ1v) is 12.2. The van der Waals surface area contributed by atoms with Gasteiger partial charge in [-0.3, -0.25) is 14.7 Å². The van der Waals surface area contributed by atoms with Crippen LogP contribution in [-0.4, -0.2) is 23.6 Å². The lowest BCUT2D eigenvalue weighted by Crippen LogP contribution is -2.61. The molecule has 2 unspecified atom stereocenters. The van der Waals surface area contributed by atoms with Gasteiger partial charge >= 0.3 is 0 Å². The monoisotopic (exact) mass is 500 g/mol. The Labute approximate surface area is 214 Å². The SMILES string of the molecule is CCc1ccc(CCOc2ccc(C3C(Oc4ccccc4)C(=O)N3c3ccc(F)c(F)c3)cc2)nc1. The van der Waals surface area contributed by atoms with E-state index in [1.165, 1.54) is 16.5 Å².